The van der Waals surface area contributed by atoms with Crippen molar-refractivity contribution in [2.45, 2.75) is 26.7 Å². The second-order valence-corrected chi connectivity index (χ2v) is 9.15. The van der Waals surface area contributed by atoms with E-state index in [0.717, 1.165) is 43.5 Å². The van der Waals surface area contributed by atoms with E-state index in [-0.39, 0.29) is 17.0 Å². The number of rotatable bonds is 5. The molecule has 156 valence electrons. The highest BCUT2D eigenvalue weighted by Gasteiger charge is 2.38. The van der Waals surface area contributed by atoms with Crippen LogP contribution < -0.4 is 10.2 Å². The molecule has 1 saturated heterocycles. The summed E-state index contributed by atoms with van der Waals surface area (Å²) in [7, 11) is 0. The van der Waals surface area contributed by atoms with Crippen LogP contribution in [0.1, 0.15) is 26.7 Å². The van der Waals surface area contributed by atoms with Crippen molar-refractivity contribution in [3.8, 4) is 0 Å². The van der Waals surface area contributed by atoms with E-state index < -0.39 is 5.92 Å². The minimum absolute atomic E-state index is 0.00962. The Hall–Kier alpha value is -2.12. The van der Waals surface area contributed by atoms with Gasteiger partial charge in [0, 0.05) is 24.7 Å². The minimum atomic E-state index is -0.628. The molecule has 0 spiro atoms. The zero-order chi connectivity index (χ0) is 20.9. The zero-order valence-corrected chi connectivity index (χ0v) is 18.1. The Bertz CT molecular complexity index is 750. The maximum absolute atomic E-state index is 12.2. The van der Waals surface area contributed by atoms with Crippen molar-refractivity contribution >= 4 is 40.8 Å². The van der Waals surface area contributed by atoms with Gasteiger partial charge in [0.15, 0.2) is 5.11 Å². The number of para-hydroxylation sites is 1. The highest BCUT2D eigenvalue weighted by molar-refractivity contribution is 7.80. The van der Waals surface area contributed by atoms with Crippen molar-refractivity contribution in [3.05, 3.63) is 30.3 Å². The SMILES string of the molecule is CC1(C)CC(=O)C(C=NCC[NH+]2CCN(C(=S)Nc3ccccc3)CC2)C(=O)C1. The minimum Gasteiger partial charge on any atom is -0.338 e. The number of piperazine rings is 1. The Morgan fingerprint density at radius 3 is 2.45 bits per heavy atom. The topological polar surface area (TPSA) is 66.2 Å². The Labute approximate surface area is 178 Å². The summed E-state index contributed by atoms with van der Waals surface area (Å²) >= 11 is 5.53. The Morgan fingerprint density at radius 1 is 1.21 bits per heavy atom. The molecule has 1 heterocycles. The van der Waals surface area contributed by atoms with E-state index in [1.54, 1.807) is 6.21 Å². The summed E-state index contributed by atoms with van der Waals surface area (Å²) in [6.07, 6.45) is 2.51. The van der Waals surface area contributed by atoms with Crippen molar-refractivity contribution in [1.82, 2.24) is 4.90 Å². The monoisotopic (exact) mass is 415 g/mol. The Kier molecular flexibility index (Phi) is 7.14. The normalized spacial score (nSPS) is 21.0. The van der Waals surface area contributed by atoms with Gasteiger partial charge in [-0.3, -0.25) is 14.6 Å². The van der Waals surface area contributed by atoms with Crippen LogP contribution >= 0.6 is 12.2 Å². The molecule has 29 heavy (non-hydrogen) atoms. The van der Waals surface area contributed by atoms with Crippen LogP contribution in [0.4, 0.5) is 5.69 Å². The van der Waals surface area contributed by atoms with E-state index >= 15 is 0 Å². The molecule has 1 aromatic rings. The summed E-state index contributed by atoms with van der Waals surface area (Å²) in [5, 5.41) is 4.06. The quantitative estimate of drug-likeness (QED) is 0.430. The van der Waals surface area contributed by atoms with Gasteiger partial charge in [-0.15, -0.1) is 0 Å². The lowest BCUT2D eigenvalue weighted by Crippen LogP contribution is -3.15. The second-order valence-electron chi connectivity index (χ2n) is 8.77. The zero-order valence-electron chi connectivity index (χ0n) is 17.3. The van der Waals surface area contributed by atoms with Crippen LogP contribution in [0.5, 0.6) is 0 Å². The fraction of sp³-hybridized carbons (Fsp3) is 0.545. The summed E-state index contributed by atoms with van der Waals surface area (Å²) in [6, 6.07) is 9.98. The summed E-state index contributed by atoms with van der Waals surface area (Å²) < 4.78 is 0. The average Bonchev–Trinajstić information content (AvgIpc) is 2.67. The summed E-state index contributed by atoms with van der Waals surface area (Å²) in [5.41, 5.74) is 0.801. The van der Waals surface area contributed by atoms with E-state index in [2.05, 4.69) is 15.2 Å². The number of hydrogen-bond donors (Lipinski definition) is 2. The molecule has 0 radical (unpaired) electrons. The number of nitrogens with one attached hydrogen (secondary N) is 2. The highest BCUT2D eigenvalue weighted by Crippen LogP contribution is 2.33. The number of nitrogens with zero attached hydrogens (tertiary/aromatic N) is 2. The van der Waals surface area contributed by atoms with Crippen LogP contribution in [-0.2, 0) is 9.59 Å². The van der Waals surface area contributed by atoms with E-state index in [1.807, 2.05) is 44.2 Å². The standard InChI is InChI=1S/C22H30N4O2S/c1-22(2)14-19(27)18(20(28)15-22)16-23-8-9-25-10-12-26(13-11-25)21(29)24-17-6-4-3-5-7-17/h3-7,16,18H,8-15H2,1-2H3,(H,24,29)/p+1. The van der Waals surface area contributed by atoms with Gasteiger partial charge in [-0.1, -0.05) is 32.0 Å². The molecule has 0 amide bonds. The van der Waals surface area contributed by atoms with Crippen molar-refractivity contribution in [1.29, 1.82) is 0 Å². The number of hydrogen-bond acceptors (Lipinski definition) is 4. The first-order valence-corrected chi connectivity index (χ1v) is 10.7. The number of carbonyl (C=O) groups excluding carboxylic acids is 2. The first-order valence-electron chi connectivity index (χ1n) is 10.3. The molecule has 3 rings (SSSR count). The van der Waals surface area contributed by atoms with Gasteiger partial charge >= 0.3 is 0 Å². The van der Waals surface area contributed by atoms with Gasteiger partial charge in [0.1, 0.15) is 17.5 Å². The van der Waals surface area contributed by atoms with Gasteiger partial charge in [0.2, 0.25) is 0 Å². The summed E-state index contributed by atoms with van der Waals surface area (Å²) in [6.45, 7) is 9.31. The lowest BCUT2D eigenvalue weighted by Gasteiger charge is -2.33. The molecule has 0 bridgehead atoms. The fourth-order valence-corrected chi connectivity index (χ4v) is 4.27. The second kappa shape index (κ2) is 9.59. The maximum Gasteiger partial charge on any atom is 0.173 e. The molecule has 1 aliphatic heterocycles. The summed E-state index contributed by atoms with van der Waals surface area (Å²) in [4.78, 5) is 32.5. The van der Waals surface area contributed by atoms with Gasteiger partial charge in [0.05, 0.1) is 39.3 Å². The van der Waals surface area contributed by atoms with Gasteiger partial charge in [-0.2, -0.15) is 0 Å². The van der Waals surface area contributed by atoms with E-state index in [1.165, 1.54) is 4.90 Å². The van der Waals surface area contributed by atoms with Gasteiger partial charge in [-0.05, 0) is 29.8 Å². The molecule has 2 N–H and O–H groups in total. The molecule has 0 unspecified atom stereocenters. The molecule has 1 aliphatic carbocycles. The van der Waals surface area contributed by atoms with Crippen LogP contribution in [-0.4, -0.2) is 67.1 Å². The van der Waals surface area contributed by atoms with Crippen molar-refractivity contribution in [3.63, 3.8) is 0 Å². The first-order chi connectivity index (χ1) is 13.8. The molecule has 1 aromatic carbocycles. The summed E-state index contributed by atoms with van der Waals surface area (Å²) in [5.74, 6) is -0.609. The number of ketones is 2. The first kappa shape index (κ1) is 21.6. The highest BCUT2D eigenvalue weighted by atomic mass is 32.1. The largest absolute Gasteiger partial charge is 0.338 e. The number of Topliss-reactive ketones (excluding diaryl/α,β-unsaturated/α-hetero) is 2. The van der Waals surface area contributed by atoms with Crippen LogP contribution in [0, 0.1) is 11.3 Å². The third kappa shape index (κ3) is 6.18. The number of thiocarbonyl (C=S) groups is 1. The van der Waals surface area contributed by atoms with Gasteiger partial charge < -0.3 is 15.1 Å². The number of quaternary nitrogens is 1. The average molecular weight is 416 g/mol. The maximum atomic E-state index is 12.2. The third-order valence-electron chi connectivity index (χ3n) is 5.63. The lowest BCUT2D eigenvalue weighted by molar-refractivity contribution is -0.902. The fourth-order valence-electron chi connectivity index (χ4n) is 3.97. The van der Waals surface area contributed by atoms with Gasteiger partial charge in [-0.25, -0.2) is 0 Å². The van der Waals surface area contributed by atoms with Crippen molar-refractivity contribution < 1.29 is 14.5 Å². The van der Waals surface area contributed by atoms with Crippen LogP contribution in [0.3, 0.4) is 0 Å². The van der Waals surface area contributed by atoms with E-state index in [4.69, 9.17) is 12.2 Å². The molecular weight excluding hydrogens is 384 g/mol. The Morgan fingerprint density at radius 2 is 1.83 bits per heavy atom. The molecule has 6 nitrogen and oxygen atoms in total. The predicted molar refractivity (Wildman–Crippen MR) is 120 cm³/mol. The molecule has 0 atom stereocenters. The number of aliphatic imine (C=N–C) groups is 1. The van der Waals surface area contributed by atoms with Crippen molar-refractivity contribution in [2.75, 3.05) is 44.6 Å². The molecule has 2 fully saturated rings. The molecular formula is C22H31N4O2S+. The predicted octanol–water partition coefficient (Wildman–Crippen LogP) is 1.23. The number of anilines is 1. The van der Waals surface area contributed by atoms with Gasteiger partial charge in [0.25, 0.3) is 0 Å². The third-order valence-corrected chi connectivity index (χ3v) is 5.99. The van der Waals surface area contributed by atoms with Crippen LogP contribution in [0.15, 0.2) is 35.3 Å². The molecule has 7 heteroatoms. The number of carbonyl (C=O) groups is 2. The van der Waals surface area contributed by atoms with Crippen LogP contribution in [0.2, 0.25) is 0 Å². The molecule has 2 aliphatic rings. The number of benzene rings is 1. The molecule has 1 saturated carbocycles. The van der Waals surface area contributed by atoms with Crippen LogP contribution in [0.25, 0.3) is 0 Å². The van der Waals surface area contributed by atoms with E-state index in [9.17, 15) is 9.59 Å². The Balaban J connectivity index is 1.38. The van der Waals surface area contributed by atoms with E-state index in [0.29, 0.717) is 19.4 Å². The lowest BCUT2D eigenvalue weighted by atomic mass is 9.72. The van der Waals surface area contributed by atoms with Crippen molar-refractivity contribution in [2.24, 2.45) is 16.3 Å². The molecule has 0 aromatic heterocycles. The smallest absolute Gasteiger partial charge is 0.173 e.